The molecule has 1 aromatic rings. The Bertz CT molecular complexity index is 261. The van der Waals surface area contributed by atoms with Crippen molar-refractivity contribution in [2.24, 2.45) is 0 Å². The number of hydrogen-bond acceptors (Lipinski definition) is 2. The van der Waals surface area contributed by atoms with Crippen molar-refractivity contribution < 1.29 is 0 Å². The fourth-order valence-electron chi connectivity index (χ4n) is 1.61. The maximum Gasteiger partial charge on any atom is 0.0900 e. The summed E-state index contributed by atoms with van der Waals surface area (Å²) < 4.78 is 0. The Labute approximate surface area is 71.5 Å². The molecule has 0 atom stereocenters. The lowest BCUT2D eigenvalue weighted by atomic mass is 9.82. The van der Waals surface area contributed by atoms with Crippen molar-refractivity contribution in [1.82, 2.24) is 4.98 Å². The van der Waals surface area contributed by atoms with Crippen LogP contribution in [0.4, 0.5) is 0 Å². The summed E-state index contributed by atoms with van der Waals surface area (Å²) >= 11 is 1.84. The third-order valence-electron chi connectivity index (χ3n) is 2.43. The molecule has 1 fully saturated rings. The fraction of sp³-hybridized carbons (Fsp3) is 0.667. The van der Waals surface area contributed by atoms with Crippen molar-refractivity contribution in [2.75, 3.05) is 0 Å². The zero-order chi connectivity index (χ0) is 7.84. The van der Waals surface area contributed by atoms with E-state index in [0.717, 1.165) is 5.92 Å². The van der Waals surface area contributed by atoms with Crippen LogP contribution in [0.3, 0.4) is 0 Å². The average Bonchev–Trinajstić information content (AvgIpc) is 2.07. The molecule has 1 aromatic heterocycles. The van der Waals surface area contributed by atoms with Gasteiger partial charge in [0.1, 0.15) is 0 Å². The van der Waals surface area contributed by atoms with Gasteiger partial charge in [0.15, 0.2) is 0 Å². The third kappa shape index (κ3) is 1.20. The highest BCUT2D eigenvalue weighted by atomic mass is 32.1. The number of hydrogen-bond donors (Lipinski definition) is 0. The topological polar surface area (TPSA) is 12.9 Å². The molecule has 0 aliphatic heterocycles. The molecule has 0 aromatic carbocycles. The van der Waals surface area contributed by atoms with Crippen LogP contribution in [-0.2, 0) is 0 Å². The van der Waals surface area contributed by atoms with E-state index in [1.54, 1.807) is 0 Å². The second-order valence-electron chi connectivity index (χ2n) is 3.30. The van der Waals surface area contributed by atoms with Crippen LogP contribution in [0.15, 0.2) is 0 Å². The molecule has 1 aliphatic rings. The first-order valence-corrected chi connectivity index (χ1v) is 5.03. The van der Waals surface area contributed by atoms with Gasteiger partial charge in [-0.2, -0.15) is 0 Å². The van der Waals surface area contributed by atoms with E-state index in [1.807, 2.05) is 11.3 Å². The van der Waals surface area contributed by atoms with Crippen molar-refractivity contribution in [3.05, 3.63) is 15.6 Å². The average molecular weight is 167 g/mol. The van der Waals surface area contributed by atoms with Gasteiger partial charge in [0.05, 0.1) is 10.7 Å². The molecule has 0 radical (unpaired) electrons. The number of aromatic nitrogens is 1. The van der Waals surface area contributed by atoms with E-state index in [9.17, 15) is 0 Å². The molecule has 0 N–H and O–H groups in total. The van der Waals surface area contributed by atoms with E-state index in [0.29, 0.717) is 0 Å². The van der Waals surface area contributed by atoms with Gasteiger partial charge < -0.3 is 0 Å². The summed E-state index contributed by atoms with van der Waals surface area (Å²) in [7, 11) is 0. The third-order valence-corrected chi connectivity index (χ3v) is 3.33. The van der Waals surface area contributed by atoms with E-state index in [2.05, 4.69) is 18.8 Å². The maximum atomic E-state index is 4.55. The molecular weight excluding hydrogens is 154 g/mol. The van der Waals surface area contributed by atoms with Gasteiger partial charge in [-0.05, 0) is 26.7 Å². The van der Waals surface area contributed by atoms with E-state index < -0.39 is 0 Å². The van der Waals surface area contributed by atoms with E-state index in [-0.39, 0.29) is 0 Å². The van der Waals surface area contributed by atoms with Crippen LogP contribution in [0.2, 0.25) is 0 Å². The van der Waals surface area contributed by atoms with Crippen LogP contribution in [0.5, 0.6) is 0 Å². The molecule has 0 saturated heterocycles. The molecule has 2 rings (SSSR count). The first-order chi connectivity index (χ1) is 5.27. The van der Waals surface area contributed by atoms with Gasteiger partial charge in [-0.15, -0.1) is 11.3 Å². The number of rotatable bonds is 1. The second kappa shape index (κ2) is 2.59. The van der Waals surface area contributed by atoms with Crippen LogP contribution in [0.25, 0.3) is 0 Å². The molecule has 11 heavy (non-hydrogen) atoms. The van der Waals surface area contributed by atoms with Crippen LogP contribution in [-0.4, -0.2) is 4.98 Å². The van der Waals surface area contributed by atoms with Crippen molar-refractivity contribution in [1.29, 1.82) is 0 Å². The normalized spacial score (nSPS) is 18.4. The predicted molar refractivity (Wildman–Crippen MR) is 48.2 cm³/mol. The van der Waals surface area contributed by atoms with Crippen LogP contribution in [0.1, 0.15) is 40.8 Å². The summed E-state index contributed by atoms with van der Waals surface area (Å²) in [5.41, 5.74) is 1.39. The summed E-state index contributed by atoms with van der Waals surface area (Å²) in [4.78, 5) is 5.99. The SMILES string of the molecule is Cc1nc(C2CCC2)c(C)s1. The van der Waals surface area contributed by atoms with Gasteiger partial charge in [-0.25, -0.2) is 4.98 Å². The summed E-state index contributed by atoms with van der Waals surface area (Å²) in [5.74, 6) is 0.806. The van der Waals surface area contributed by atoms with Crippen molar-refractivity contribution >= 4 is 11.3 Å². The second-order valence-corrected chi connectivity index (χ2v) is 4.71. The van der Waals surface area contributed by atoms with Gasteiger partial charge >= 0.3 is 0 Å². The van der Waals surface area contributed by atoms with Crippen LogP contribution in [0, 0.1) is 13.8 Å². The Balaban J connectivity index is 2.28. The van der Waals surface area contributed by atoms with Gasteiger partial charge in [0.2, 0.25) is 0 Å². The molecular formula is C9H13NS. The number of aryl methyl sites for hydroxylation is 2. The highest BCUT2D eigenvalue weighted by Gasteiger charge is 2.23. The molecule has 0 amide bonds. The number of nitrogens with zero attached hydrogens (tertiary/aromatic N) is 1. The Morgan fingerprint density at radius 2 is 2.09 bits per heavy atom. The molecule has 1 aliphatic carbocycles. The highest BCUT2D eigenvalue weighted by molar-refractivity contribution is 7.11. The first kappa shape index (κ1) is 7.29. The Hall–Kier alpha value is -0.370. The lowest BCUT2D eigenvalue weighted by Gasteiger charge is -2.24. The lowest BCUT2D eigenvalue weighted by Crippen LogP contribution is -2.10. The van der Waals surface area contributed by atoms with Gasteiger partial charge in [0.25, 0.3) is 0 Å². The van der Waals surface area contributed by atoms with Crippen molar-refractivity contribution in [3.63, 3.8) is 0 Å². The Kier molecular flexibility index (Phi) is 1.72. The summed E-state index contributed by atoms with van der Waals surface area (Å²) in [6.45, 7) is 4.29. The molecule has 1 heterocycles. The minimum absolute atomic E-state index is 0.806. The Morgan fingerprint density at radius 3 is 2.45 bits per heavy atom. The summed E-state index contributed by atoms with van der Waals surface area (Å²) in [6, 6.07) is 0. The van der Waals surface area contributed by atoms with Gasteiger partial charge in [0, 0.05) is 10.8 Å². The zero-order valence-corrected chi connectivity index (χ0v) is 7.87. The first-order valence-electron chi connectivity index (χ1n) is 4.21. The molecule has 60 valence electrons. The molecule has 0 unspecified atom stereocenters. The fourth-order valence-corrected chi connectivity index (χ4v) is 2.51. The van der Waals surface area contributed by atoms with Crippen molar-refractivity contribution in [3.8, 4) is 0 Å². The van der Waals surface area contributed by atoms with Gasteiger partial charge in [-0.3, -0.25) is 0 Å². The van der Waals surface area contributed by atoms with E-state index in [4.69, 9.17) is 0 Å². The van der Waals surface area contributed by atoms with Crippen LogP contribution >= 0.6 is 11.3 Å². The van der Waals surface area contributed by atoms with Gasteiger partial charge in [-0.1, -0.05) is 6.42 Å². The minimum atomic E-state index is 0.806. The molecule has 2 heteroatoms. The quantitative estimate of drug-likeness (QED) is 0.626. The summed E-state index contributed by atoms with van der Waals surface area (Å²) in [6.07, 6.45) is 4.13. The molecule has 1 saturated carbocycles. The monoisotopic (exact) mass is 167 g/mol. The molecule has 0 bridgehead atoms. The predicted octanol–water partition coefficient (Wildman–Crippen LogP) is 3.03. The zero-order valence-electron chi connectivity index (χ0n) is 7.05. The molecule has 0 spiro atoms. The number of thiazole rings is 1. The summed E-state index contributed by atoms with van der Waals surface area (Å²) in [5, 5.41) is 1.23. The van der Waals surface area contributed by atoms with Crippen molar-refractivity contribution in [2.45, 2.75) is 39.0 Å². The largest absolute Gasteiger partial charge is 0.246 e. The highest BCUT2D eigenvalue weighted by Crippen LogP contribution is 2.38. The maximum absolute atomic E-state index is 4.55. The molecule has 1 nitrogen and oxygen atoms in total. The smallest absolute Gasteiger partial charge is 0.0900 e. The minimum Gasteiger partial charge on any atom is -0.246 e. The standard InChI is InChI=1S/C9H13NS/c1-6-9(8-4-3-5-8)10-7(2)11-6/h8H,3-5H2,1-2H3. The van der Waals surface area contributed by atoms with E-state index in [1.165, 1.54) is 34.8 Å². The Morgan fingerprint density at radius 1 is 1.36 bits per heavy atom. The van der Waals surface area contributed by atoms with Crippen LogP contribution < -0.4 is 0 Å². The lowest BCUT2D eigenvalue weighted by molar-refractivity contribution is 0.411. The van der Waals surface area contributed by atoms with E-state index >= 15 is 0 Å².